The van der Waals surface area contributed by atoms with Crippen molar-refractivity contribution in [1.29, 1.82) is 0 Å². The number of ether oxygens (including phenoxy) is 1. The van der Waals surface area contributed by atoms with Gasteiger partial charge in [-0.2, -0.15) is 8.78 Å². The van der Waals surface area contributed by atoms with E-state index >= 15 is 0 Å². The number of piperidine rings is 1. The molecule has 0 amide bonds. The Kier molecular flexibility index (Phi) is 6.54. The highest BCUT2D eigenvalue weighted by Crippen LogP contribution is 2.46. The molecule has 5 rings (SSSR count). The van der Waals surface area contributed by atoms with Gasteiger partial charge in [0.2, 0.25) is 0 Å². The summed E-state index contributed by atoms with van der Waals surface area (Å²) in [5, 5.41) is 3.38. The molecule has 1 aromatic heterocycles. The first-order valence-electron chi connectivity index (χ1n) is 11.9. The van der Waals surface area contributed by atoms with Crippen molar-refractivity contribution in [3.8, 4) is 17.6 Å². The van der Waals surface area contributed by atoms with Crippen LogP contribution in [-0.2, 0) is 0 Å². The summed E-state index contributed by atoms with van der Waals surface area (Å²) in [6.07, 6.45) is 3.50. The van der Waals surface area contributed by atoms with Crippen LogP contribution >= 0.6 is 0 Å². The Morgan fingerprint density at radius 2 is 2.14 bits per heavy atom. The standard InChI is InChI=1S/C27H28F2N4O2/c1-32(2)23-14-22(25-19(16-34)6-3-7-24(25)35-27(28)29)33-21-13-17(10-11-20(21)31-26(23)33)8-9-18-5-4-12-30-15-18/h3,6-7,10-11,13,16,18,22-23,27,30H,4-5,12,14-15H2,1-2H3. The Labute approximate surface area is 203 Å². The van der Waals surface area contributed by atoms with E-state index in [4.69, 9.17) is 9.72 Å². The summed E-state index contributed by atoms with van der Waals surface area (Å²) in [5.74, 6) is 7.87. The lowest BCUT2D eigenvalue weighted by Gasteiger charge is -2.22. The molecule has 1 N–H and O–H groups in total. The van der Waals surface area contributed by atoms with E-state index in [0.717, 1.165) is 48.4 Å². The smallest absolute Gasteiger partial charge is 0.387 e. The van der Waals surface area contributed by atoms with Crippen molar-refractivity contribution >= 4 is 17.3 Å². The van der Waals surface area contributed by atoms with Crippen LogP contribution in [0.3, 0.4) is 0 Å². The van der Waals surface area contributed by atoms with Gasteiger partial charge in [-0.3, -0.25) is 9.69 Å². The topological polar surface area (TPSA) is 59.4 Å². The Balaban J connectivity index is 1.63. The Morgan fingerprint density at radius 3 is 2.86 bits per heavy atom. The predicted octanol–water partition coefficient (Wildman–Crippen LogP) is 4.40. The van der Waals surface area contributed by atoms with Crippen LogP contribution in [0.15, 0.2) is 36.4 Å². The summed E-state index contributed by atoms with van der Waals surface area (Å²) in [5.41, 5.74) is 3.34. The Hall–Kier alpha value is -3.28. The molecule has 2 aromatic carbocycles. The average Bonchev–Trinajstić information content (AvgIpc) is 3.40. The minimum Gasteiger partial charge on any atom is -0.434 e. The lowest BCUT2D eigenvalue weighted by atomic mass is 9.96. The van der Waals surface area contributed by atoms with Gasteiger partial charge in [0.1, 0.15) is 11.6 Å². The van der Waals surface area contributed by atoms with E-state index in [9.17, 15) is 13.6 Å². The fourth-order valence-corrected chi connectivity index (χ4v) is 5.24. The predicted molar refractivity (Wildman–Crippen MR) is 130 cm³/mol. The van der Waals surface area contributed by atoms with Crippen molar-refractivity contribution in [2.75, 3.05) is 27.2 Å². The molecule has 3 atom stereocenters. The van der Waals surface area contributed by atoms with Crippen molar-refractivity contribution in [2.45, 2.75) is 38.0 Å². The minimum absolute atomic E-state index is 0.0163. The molecule has 3 heterocycles. The van der Waals surface area contributed by atoms with Gasteiger partial charge in [-0.1, -0.05) is 24.0 Å². The van der Waals surface area contributed by atoms with Crippen LogP contribution in [0.2, 0.25) is 0 Å². The van der Waals surface area contributed by atoms with Crippen molar-refractivity contribution < 1.29 is 18.3 Å². The van der Waals surface area contributed by atoms with Crippen LogP contribution in [0.25, 0.3) is 11.0 Å². The average molecular weight is 479 g/mol. The fourth-order valence-electron chi connectivity index (χ4n) is 5.24. The number of carbonyl (C=O) groups is 1. The maximum atomic E-state index is 13.3. The quantitative estimate of drug-likeness (QED) is 0.435. The first-order valence-corrected chi connectivity index (χ1v) is 11.9. The Morgan fingerprint density at radius 1 is 1.29 bits per heavy atom. The van der Waals surface area contributed by atoms with Gasteiger partial charge in [-0.15, -0.1) is 0 Å². The van der Waals surface area contributed by atoms with Crippen LogP contribution < -0.4 is 10.1 Å². The largest absolute Gasteiger partial charge is 0.434 e. The highest BCUT2D eigenvalue weighted by molar-refractivity contribution is 5.82. The van der Waals surface area contributed by atoms with Crippen molar-refractivity contribution in [2.24, 2.45) is 5.92 Å². The number of aldehydes is 1. The van der Waals surface area contributed by atoms with Gasteiger partial charge in [-0.25, -0.2) is 4.98 Å². The van der Waals surface area contributed by atoms with Crippen LogP contribution in [0, 0.1) is 17.8 Å². The third kappa shape index (κ3) is 4.54. The summed E-state index contributed by atoms with van der Waals surface area (Å²) in [6.45, 7) is -1.05. The van der Waals surface area contributed by atoms with E-state index in [1.54, 1.807) is 12.1 Å². The zero-order valence-electron chi connectivity index (χ0n) is 19.8. The van der Waals surface area contributed by atoms with Gasteiger partial charge < -0.3 is 14.6 Å². The molecule has 35 heavy (non-hydrogen) atoms. The number of carbonyl (C=O) groups excluding carboxylic acids is 1. The molecule has 0 bridgehead atoms. The second kappa shape index (κ2) is 9.76. The number of imidazole rings is 1. The summed E-state index contributed by atoms with van der Waals surface area (Å²) in [6, 6.07) is 10.2. The van der Waals surface area contributed by atoms with Crippen LogP contribution in [0.5, 0.6) is 5.75 Å². The van der Waals surface area contributed by atoms with Gasteiger partial charge in [0.05, 0.1) is 23.1 Å². The maximum Gasteiger partial charge on any atom is 0.387 e. The van der Waals surface area contributed by atoms with Gasteiger partial charge in [-0.05, 0) is 64.2 Å². The number of hydrogen-bond donors (Lipinski definition) is 1. The third-order valence-corrected chi connectivity index (χ3v) is 6.89. The summed E-state index contributed by atoms with van der Waals surface area (Å²) >= 11 is 0. The number of nitrogens with zero attached hydrogens (tertiary/aromatic N) is 3. The van der Waals surface area contributed by atoms with Gasteiger partial charge in [0, 0.05) is 29.2 Å². The van der Waals surface area contributed by atoms with Gasteiger partial charge in [0.15, 0.2) is 6.29 Å². The number of aromatic nitrogens is 2. The highest BCUT2D eigenvalue weighted by atomic mass is 19.3. The first-order chi connectivity index (χ1) is 17.0. The second-order valence-electron chi connectivity index (χ2n) is 9.34. The van der Waals surface area contributed by atoms with Crippen molar-refractivity contribution in [3.05, 3.63) is 58.9 Å². The molecule has 3 aromatic rings. The molecule has 182 valence electrons. The molecule has 2 aliphatic heterocycles. The van der Waals surface area contributed by atoms with E-state index in [2.05, 4.69) is 26.6 Å². The molecule has 0 spiro atoms. The molecule has 1 saturated heterocycles. The van der Waals surface area contributed by atoms with Crippen LogP contribution in [-0.4, -0.2) is 54.5 Å². The molecular weight excluding hydrogens is 450 g/mol. The second-order valence-corrected chi connectivity index (χ2v) is 9.34. The molecule has 2 aliphatic rings. The molecule has 0 aliphatic carbocycles. The molecule has 3 unspecified atom stereocenters. The number of fused-ring (bicyclic) bond motifs is 3. The van der Waals surface area contributed by atoms with Gasteiger partial charge >= 0.3 is 6.61 Å². The van der Waals surface area contributed by atoms with Crippen molar-refractivity contribution in [3.63, 3.8) is 0 Å². The van der Waals surface area contributed by atoms with E-state index in [1.807, 2.05) is 32.3 Å². The van der Waals surface area contributed by atoms with E-state index in [-0.39, 0.29) is 17.8 Å². The number of benzene rings is 2. The molecule has 0 saturated carbocycles. The zero-order chi connectivity index (χ0) is 24.5. The lowest BCUT2D eigenvalue weighted by molar-refractivity contribution is -0.0507. The fraction of sp³-hybridized carbons (Fsp3) is 0.407. The van der Waals surface area contributed by atoms with Crippen molar-refractivity contribution in [1.82, 2.24) is 19.8 Å². The van der Waals surface area contributed by atoms with Crippen LogP contribution in [0.1, 0.15) is 58.7 Å². The van der Waals surface area contributed by atoms with E-state index in [0.29, 0.717) is 29.8 Å². The number of nitrogens with one attached hydrogen (secondary N) is 1. The number of hydrogen-bond acceptors (Lipinski definition) is 5. The lowest BCUT2D eigenvalue weighted by Crippen LogP contribution is -2.28. The number of alkyl halides is 2. The van der Waals surface area contributed by atoms with Gasteiger partial charge in [0.25, 0.3) is 0 Å². The molecule has 8 heteroatoms. The van der Waals surface area contributed by atoms with E-state index in [1.165, 1.54) is 6.07 Å². The molecular formula is C27H28F2N4O2. The monoisotopic (exact) mass is 478 g/mol. The SMILES string of the molecule is CN(C)C1CC(c2c(C=O)cccc2OC(F)F)n2c1nc1ccc(C#CC3CCCNC3)cc12. The van der Waals surface area contributed by atoms with Crippen LogP contribution in [0.4, 0.5) is 8.78 Å². The molecule has 1 fully saturated rings. The summed E-state index contributed by atoms with van der Waals surface area (Å²) < 4.78 is 33.4. The zero-order valence-corrected chi connectivity index (χ0v) is 19.8. The highest BCUT2D eigenvalue weighted by Gasteiger charge is 2.38. The van der Waals surface area contributed by atoms with E-state index < -0.39 is 6.61 Å². The number of halogens is 2. The summed E-state index contributed by atoms with van der Waals surface area (Å²) in [7, 11) is 3.93. The molecule has 6 nitrogen and oxygen atoms in total. The summed E-state index contributed by atoms with van der Waals surface area (Å²) in [4.78, 5) is 18.9. The third-order valence-electron chi connectivity index (χ3n) is 6.89. The normalized spacial score (nSPS) is 21.7. The maximum absolute atomic E-state index is 13.3. The first kappa shape index (κ1) is 23.5. The Bertz CT molecular complexity index is 1300. The minimum atomic E-state index is -2.99. The number of rotatable bonds is 5. The molecule has 0 radical (unpaired) electrons.